The van der Waals surface area contributed by atoms with Crippen molar-refractivity contribution in [2.45, 2.75) is 69.7 Å². The third-order valence-corrected chi connectivity index (χ3v) is 12.0. The quantitative estimate of drug-likeness (QED) is 0.151. The maximum Gasteiger partial charge on any atom is 0.348 e. The number of hydrogen-bond acceptors (Lipinski definition) is 10. The average Bonchev–Trinajstić information content (AvgIpc) is 3.78. The smallest absolute Gasteiger partial charge is 0.348 e. The number of fused-ring (bicyclic) bond motifs is 1. The molecule has 0 saturated carbocycles. The van der Waals surface area contributed by atoms with Gasteiger partial charge in [-0.15, -0.1) is 11.3 Å². The predicted octanol–water partition coefficient (Wildman–Crippen LogP) is 5.44. The van der Waals surface area contributed by atoms with Crippen molar-refractivity contribution in [3.8, 4) is 11.4 Å². The van der Waals surface area contributed by atoms with E-state index in [1.54, 1.807) is 24.0 Å². The molecule has 0 spiro atoms. The molecule has 0 fully saturated rings. The summed E-state index contributed by atoms with van der Waals surface area (Å²) < 4.78 is 41.2. The van der Waals surface area contributed by atoms with Crippen LogP contribution in [0.5, 0.6) is 5.75 Å². The molecule has 1 atom stereocenters. The average molecular weight is 752 g/mol. The number of nitrogens with one attached hydrogen (secondary N) is 1. The van der Waals surface area contributed by atoms with Crippen LogP contribution in [0.3, 0.4) is 0 Å². The van der Waals surface area contributed by atoms with Gasteiger partial charge in [-0.3, -0.25) is 14.3 Å². The Bertz CT molecular complexity index is 2030. The van der Waals surface area contributed by atoms with E-state index in [9.17, 15) is 27.9 Å². The lowest BCUT2D eigenvalue weighted by molar-refractivity contribution is 0.0543. The Morgan fingerprint density at radius 1 is 1.02 bits per heavy atom. The standard InChI is InChI=1S/C37H45N5O8S2/c1-6-8-16-40(17-9-7-2)35(45)30-18-24(3)42(38-30)31-15-14-27(39-52(47,48)37-32(49-4)21-33(51-37)36(46)50-5)20-29(31)34(44)41-22-26-13-11-10-12-25(26)19-28(41)23-43/h10-15,18,20-21,28,39,43H,6-9,16-17,19,22-23H2,1-5H3/t28-/m0/s1. The van der Waals surface area contributed by atoms with E-state index in [0.29, 0.717) is 42.2 Å². The van der Waals surface area contributed by atoms with Gasteiger partial charge in [0, 0.05) is 37.1 Å². The summed E-state index contributed by atoms with van der Waals surface area (Å²) in [7, 11) is -1.83. The number of esters is 1. The number of anilines is 1. The first kappa shape index (κ1) is 38.5. The summed E-state index contributed by atoms with van der Waals surface area (Å²) in [5.41, 5.74) is 3.29. The zero-order valence-electron chi connectivity index (χ0n) is 30.0. The second kappa shape index (κ2) is 16.7. The third-order valence-electron chi connectivity index (χ3n) is 9.01. The van der Waals surface area contributed by atoms with Gasteiger partial charge in [-0.25, -0.2) is 17.9 Å². The van der Waals surface area contributed by atoms with Crippen molar-refractivity contribution in [1.82, 2.24) is 19.6 Å². The number of carbonyl (C=O) groups is 3. The van der Waals surface area contributed by atoms with Crippen LogP contribution in [0.25, 0.3) is 5.69 Å². The summed E-state index contributed by atoms with van der Waals surface area (Å²) in [6.07, 6.45) is 4.03. The number of aliphatic hydroxyl groups is 1. The molecule has 3 heterocycles. The molecule has 0 bridgehead atoms. The van der Waals surface area contributed by atoms with Crippen molar-refractivity contribution < 1.29 is 37.4 Å². The van der Waals surface area contributed by atoms with Gasteiger partial charge in [0.25, 0.3) is 21.8 Å². The molecule has 15 heteroatoms. The summed E-state index contributed by atoms with van der Waals surface area (Å²) in [4.78, 5) is 43.9. The summed E-state index contributed by atoms with van der Waals surface area (Å²) in [6, 6.07) is 14.6. The van der Waals surface area contributed by atoms with Crippen molar-refractivity contribution in [2.24, 2.45) is 0 Å². The number of amides is 2. The van der Waals surface area contributed by atoms with Gasteiger partial charge in [-0.1, -0.05) is 51.0 Å². The number of sulfonamides is 1. The SMILES string of the molecule is CCCCN(CCCC)C(=O)c1cc(C)n(-c2ccc(NS(=O)(=O)c3sc(C(=O)OC)cc3OC)cc2C(=O)N2Cc3ccccc3C[C@H]2CO)n1. The Hall–Kier alpha value is -4.73. The van der Waals surface area contributed by atoms with Crippen molar-refractivity contribution in [3.05, 3.63) is 87.6 Å². The van der Waals surface area contributed by atoms with Crippen LogP contribution in [-0.2, 0) is 27.7 Å². The molecule has 2 N–H and O–H groups in total. The van der Waals surface area contributed by atoms with Gasteiger partial charge >= 0.3 is 5.97 Å². The van der Waals surface area contributed by atoms with E-state index in [4.69, 9.17) is 14.6 Å². The highest BCUT2D eigenvalue weighted by molar-refractivity contribution is 7.94. The largest absolute Gasteiger partial charge is 0.494 e. The van der Waals surface area contributed by atoms with Gasteiger partial charge in [0.15, 0.2) is 15.7 Å². The molecule has 2 aromatic heterocycles. The zero-order chi connectivity index (χ0) is 37.6. The Morgan fingerprint density at radius 3 is 2.35 bits per heavy atom. The zero-order valence-corrected chi connectivity index (χ0v) is 31.7. The van der Waals surface area contributed by atoms with Crippen molar-refractivity contribution in [2.75, 3.05) is 38.6 Å². The van der Waals surface area contributed by atoms with Gasteiger partial charge in [0.1, 0.15) is 4.88 Å². The Morgan fingerprint density at radius 2 is 1.71 bits per heavy atom. The molecular weight excluding hydrogens is 707 g/mol. The highest BCUT2D eigenvalue weighted by Gasteiger charge is 2.33. The summed E-state index contributed by atoms with van der Waals surface area (Å²) in [5, 5.41) is 15.1. The minimum atomic E-state index is -4.32. The minimum absolute atomic E-state index is 0.0360. The molecule has 4 aromatic rings. The highest BCUT2D eigenvalue weighted by atomic mass is 32.2. The summed E-state index contributed by atoms with van der Waals surface area (Å²) >= 11 is 0.689. The minimum Gasteiger partial charge on any atom is -0.494 e. The number of carbonyl (C=O) groups excluding carboxylic acids is 3. The number of aryl methyl sites for hydroxylation is 1. The van der Waals surface area contributed by atoms with Crippen LogP contribution in [0.2, 0.25) is 0 Å². The van der Waals surface area contributed by atoms with Crippen LogP contribution < -0.4 is 9.46 Å². The van der Waals surface area contributed by atoms with Crippen LogP contribution in [-0.4, -0.2) is 90.8 Å². The van der Waals surface area contributed by atoms with E-state index < -0.39 is 27.9 Å². The van der Waals surface area contributed by atoms with E-state index in [2.05, 4.69) is 18.6 Å². The highest BCUT2D eigenvalue weighted by Crippen LogP contribution is 2.36. The number of aromatic nitrogens is 2. The molecule has 0 unspecified atom stereocenters. The number of methoxy groups -OCH3 is 2. The molecule has 13 nitrogen and oxygen atoms in total. The number of benzene rings is 2. The number of thiophene rings is 1. The van der Waals surface area contributed by atoms with Crippen molar-refractivity contribution >= 4 is 44.8 Å². The van der Waals surface area contributed by atoms with Gasteiger partial charge in [-0.2, -0.15) is 5.10 Å². The van der Waals surface area contributed by atoms with E-state index in [-0.39, 0.29) is 50.8 Å². The fourth-order valence-electron chi connectivity index (χ4n) is 6.19. The lowest BCUT2D eigenvalue weighted by Crippen LogP contribution is -2.46. The van der Waals surface area contributed by atoms with E-state index >= 15 is 0 Å². The molecule has 278 valence electrons. The van der Waals surface area contributed by atoms with Crippen LogP contribution in [0.15, 0.2) is 58.8 Å². The number of rotatable bonds is 15. The van der Waals surface area contributed by atoms with E-state index in [1.165, 1.54) is 37.1 Å². The maximum atomic E-state index is 14.6. The molecule has 5 rings (SSSR count). The number of unbranched alkanes of at least 4 members (excludes halogenated alkanes) is 2. The molecule has 0 saturated heterocycles. The van der Waals surface area contributed by atoms with Gasteiger partial charge in [-0.05, 0) is 61.6 Å². The van der Waals surface area contributed by atoms with E-state index in [1.807, 2.05) is 29.2 Å². The Labute approximate surface area is 308 Å². The monoisotopic (exact) mass is 751 g/mol. The summed E-state index contributed by atoms with van der Waals surface area (Å²) in [5.74, 6) is -1.42. The van der Waals surface area contributed by atoms with Crippen LogP contribution in [0, 0.1) is 6.92 Å². The van der Waals surface area contributed by atoms with Gasteiger partial charge < -0.3 is 24.4 Å². The van der Waals surface area contributed by atoms with Crippen LogP contribution in [0.1, 0.15) is 86.9 Å². The molecule has 2 amide bonds. The molecule has 0 aliphatic carbocycles. The Balaban J connectivity index is 1.58. The lowest BCUT2D eigenvalue weighted by Gasteiger charge is -2.36. The molecule has 1 aliphatic heterocycles. The molecule has 0 radical (unpaired) electrons. The maximum absolute atomic E-state index is 14.6. The molecular formula is C37H45N5O8S2. The molecule has 2 aromatic carbocycles. The first-order valence-electron chi connectivity index (χ1n) is 17.2. The van der Waals surface area contributed by atoms with Crippen LogP contribution >= 0.6 is 11.3 Å². The number of ether oxygens (including phenoxy) is 2. The van der Waals surface area contributed by atoms with Crippen molar-refractivity contribution in [1.29, 1.82) is 0 Å². The predicted molar refractivity (Wildman–Crippen MR) is 198 cm³/mol. The topological polar surface area (TPSA) is 160 Å². The summed E-state index contributed by atoms with van der Waals surface area (Å²) in [6.45, 7) is 7.08. The first-order valence-corrected chi connectivity index (χ1v) is 19.5. The fourth-order valence-corrected chi connectivity index (χ4v) is 8.73. The van der Waals surface area contributed by atoms with Crippen LogP contribution in [0.4, 0.5) is 5.69 Å². The second-order valence-corrected chi connectivity index (χ2v) is 15.5. The molecule has 1 aliphatic rings. The Kier molecular flexibility index (Phi) is 12.4. The number of nitrogens with zero attached hydrogens (tertiary/aromatic N) is 4. The van der Waals surface area contributed by atoms with Crippen molar-refractivity contribution in [3.63, 3.8) is 0 Å². The normalized spacial score (nSPS) is 14.1. The third kappa shape index (κ3) is 8.16. The first-order chi connectivity index (χ1) is 25.0. The fraction of sp³-hybridized carbons (Fsp3) is 0.405. The van der Waals surface area contributed by atoms with E-state index in [0.717, 1.165) is 36.8 Å². The van der Waals surface area contributed by atoms with Gasteiger partial charge in [0.05, 0.1) is 38.1 Å². The second-order valence-electron chi connectivity index (χ2n) is 12.6. The van der Waals surface area contributed by atoms with Gasteiger partial charge in [0.2, 0.25) is 0 Å². The molecule has 52 heavy (non-hydrogen) atoms. The number of aliphatic hydroxyl groups excluding tert-OH is 1. The number of hydrogen-bond donors (Lipinski definition) is 2. The lowest BCUT2D eigenvalue weighted by atomic mass is 9.93.